The van der Waals surface area contributed by atoms with Crippen LogP contribution in [0.2, 0.25) is 0 Å². The largest absolute Gasteiger partial charge is 0.353 e. The van der Waals surface area contributed by atoms with Gasteiger partial charge in [0.15, 0.2) is 11.5 Å². The molecule has 2 aromatic heterocycles. The summed E-state index contributed by atoms with van der Waals surface area (Å²) >= 11 is 0. The van der Waals surface area contributed by atoms with Crippen molar-refractivity contribution in [1.82, 2.24) is 24.5 Å². The maximum atomic E-state index is 11.7. The number of benzene rings is 1. The number of rotatable bonds is 5. The first-order valence-corrected chi connectivity index (χ1v) is 8.73. The average molecular weight is 354 g/mol. The first-order valence-electron chi connectivity index (χ1n) is 8.73. The molecule has 0 saturated carbocycles. The Hall–Kier alpha value is -2.67. The van der Waals surface area contributed by atoms with Gasteiger partial charge in [0.2, 0.25) is 5.95 Å². The molecule has 0 aliphatic heterocycles. The molecule has 0 bridgehead atoms. The Kier molecular flexibility index (Phi) is 4.82. The van der Waals surface area contributed by atoms with E-state index in [2.05, 4.69) is 58.2 Å². The number of nitrogens with one attached hydrogen (secondary N) is 2. The van der Waals surface area contributed by atoms with Crippen molar-refractivity contribution in [2.45, 2.75) is 26.2 Å². The van der Waals surface area contributed by atoms with E-state index in [1.54, 1.807) is 4.52 Å². The molecule has 1 aromatic carbocycles. The molecule has 0 saturated heterocycles. The standard InChI is InChI=1S/C19H26N6O/c1-19(2,3)14-8-6-13(7-9-14)17-21-15-12-16(26)23-25(15)18(22-17)20-10-11-24(4)5/h6-9,12H,10-11H2,1-5H3,(H,23,26)(H,20,21,22). The van der Waals surface area contributed by atoms with Crippen LogP contribution in [-0.4, -0.2) is 51.7 Å². The number of H-pyrrole nitrogens is 1. The van der Waals surface area contributed by atoms with Crippen molar-refractivity contribution >= 4 is 11.6 Å². The van der Waals surface area contributed by atoms with Gasteiger partial charge in [0.05, 0.1) is 0 Å². The smallest absolute Gasteiger partial charge is 0.266 e. The summed E-state index contributed by atoms with van der Waals surface area (Å²) in [6, 6.07) is 9.74. The van der Waals surface area contributed by atoms with Crippen molar-refractivity contribution in [3.05, 3.63) is 46.2 Å². The topological polar surface area (TPSA) is 78.3 Å². The van der Waals surface area contributed by atoms with E-state index in [4.69, 9.17) is 0 Å². The zero-order valence-electron chi connectivity index (χ0n) is 16.0. The monoisotopic (exact) mass is 354 g/mol. The zero-order valence-corrected chi connectivity index (χ0v) is 16.0. The fraction of sp³-hybridized carbons (Fsp3) is 0.421. The molecule has 0 radical (unpaired) electrons. The maximum absolute atomic E-state index is 11.7. The molecule has 3 rings (SSSR count). The highest BCUT2D eigenvalue weighted by molar-refractivity contribution is 5.60. The average Bonchev–Trinajstić information content (AvgIpc) is 2.94. The lowest BCUT2D eigenvalue weighted by atomic mass is 9.87. The summed E-state index contributed by atoms with van der Waals surface area (Å²) in [5.41, 5.74) is 2.62. The Labute approximate surface area is 153 Å². The Balaban J connectivity index is 1.99. The summed E-state index contributed by atoms with van der Waals surface area (Å²) in [6.45, 7) is 8.12. The number of nitrogens with zero attached hydrogens (tertiary/aromatic N) is 4. The predicted octanol–water partition coefficient (Wildman–Crippen LogP) is 2.36. The molecule has 26 heavy (non-hydrogen) atoms. The molecule has 0 spiro atoms. The number of aromatic nitrogens is 4. The Morgan fingerprint density at radius 1 is 1.15 bits per heavy atom. The number of aromatic amines is 1. The molecule has 0 fully saturated rings. The van der Waals surface area contributed by atoms with Gasteiger partial charge in [-0.05, 0) is 25.1 Å². The van der Waals surface area contributed by atoms with Crippen LogP contribution in [0.15, 0.2) is 35.1 Å². The van der Waals surface area contributed by atoms with Gasteiger partial charge in [-0.25, -0.2) is 9.50 Å². The van der Waals surface area contributed by atoms with Crippen molar-refractivity contribution in [3.8, 4) is 11.4 Å². The van der Waals surface area contributed by atoms with Crippen LogP contribution in [0.3, 0.4) is 0 Å². The summed E-state index contributed by atoms with van der Waals surface area (Å²) < 4.78 is 1.59. The van der Waals surface area contributed by atoms with Crippen LogP contribution >= 0.6 is 0 Å². The van der Waals surface area contributed by atoms with Crippen molar-refractivity contribution in [1.29, 1.82) is 0 Å². The van der Waals surface area contributed by atoms with Crippen LogP contribution in [0, 0.1) is 0 Å². The molecule has 0 unspecified atom stereocenters. The highest BCUT2D eigenvalue weighted by Crippen LogP contribution is 2.25. The van der Waals surface area contributed by atoms with Crippen LogP contribution in [0.25, 0.3) is 17.0 Å². The summed E-state index contributed by atoms with van der Waals surface area (Å²) in [7, 11) is 4.02. The second kappa shape index (κ2) is 6.92. The second-order valence-corrected chi connectivity index (χ2v) is 7.74. The normalized spacial score (nSPS) is 12.1. The number of hydrogen-bond donors (Lipinski definition) is 2. The summed E-state index contributed by atoms with van der Waals surface area (Å²) in [5.74, 6) is 1.17. The fourth-order valence-corrected chi connectivity index (χ4v) is 2.67. The molecule has 138 valence electrons. The van der Waals surface area contributed by atoms with Gasteiger partial charge in [0, 0.05) is 24.7 Å². The number of fused-ring (bicyclic) bond motifs is 1. The van der Waals surface area contributed by atoms with Crippen molar-refractivity contribution in [3.63, 3.8) is 0 Å². The van der Waals surface area contributed by atoms with Gasteiger partial charge in [-0.15, -0.1) is 0 Å². The zero-order chi connectivity index (χ0) is 18.9. The maximum Gasteiger partial charge on any atom is 0.266 e. The minimum atomic E-state index is -0.199. The van der Waals surface area contributed by atoms with Crippen LogP contribution in [0.5, 0.6) is 0 Å². The predicted molar refractivity (Wildman–Crippen MR) is 105 cm³/mol. The van der Waals surface area contributed by atoms with E-state index in [-0.39, 0.29) is 11.0 Å². The first kappa shape index (κ1) is 18.1. The van der Waals surface area contributed by atoms with E-state index in [0.29, 0.717) is 24.0 Å². The highest BCUT2D eigenvalue weighted by atomic mass is 16.1. The summed E-state index contributed by atoms with van der Waals surface area (Å²) in [6.07, 6.45) is 0. The van der Waals surface area contributed by atoms with E-state index in [1.165, 1.54) is 11.6 Å². The quantitative estimate of drug-likeness (QED) is 0.735. The number of anilines is 1. The Morgan fingerprint density at radius 2 is 1.85 bits per heavy atom. The van der Waals surface area contributed by atoms with Gasteiger partial charge in [-0.3, -0.25) is 9.89 Å². The molecule has 3 aromatic rings. The van der Waals surface area contributed by atoms with Crippen molar-refractivity contribution in [2.75, 3.05) is 32.5 Å². The van der Waals surface area contributed by atoms with Crippen molar-refractivity contribution in [2.24, 2.45) is 0 Å². The van der Waals surface area contributed by atoms with Gasteiger partial charge >= 0.3 is 0 Å². The lowest BCUT2D eigenvalue weighted by molar-refractivity contribution is 0.424. The third-order valence-corrected chi connectivity index (χ3v) is 4.21. The second-order valence-electron chi connectivity index (χ2n) is 7.74. The highest BCUT2D eigenvalue weighted by Gasteiger charge is 2.15. The molecule has 0 atom stereocenters. The SMILES string of the molecule is CN(C)CCNc1nc(-c2ccc(C(C)(C)C)cc2)nc2cc(=O)[nH]n12. The molecular formula is C19H26N6O. The van der Waals surface area contributed by atoms with E-state index >= 15 is 0 Å². The summed E-state index contributed by atoms with van der Waals surface area (Å²) in [5, 5.41) is 6.01. The molecule has 7 heteroatoms. The lowest BCUT2D eigenvalue weighted by Gasteiger charge is -2.19. The van der Waals surface area contributed by atoms with E-state index in [0.717, 1.165) is 12.1 Å². The third-order valence-electron chi connectivity index (χ3n) is 4.21. The van der Waals surface area contributed by atoms with Gasteiger partial charge in [0.1, 0.15) is 0 Å². The number of likely N-dealkylation sites (N-methyl/N-ethyl adjacent to an activating group) is 1. The van der Waals surface area contributed by atoms with Crippen LogP contribution in [0.4, 0.5) is 5.95 Å². The molecule has 2 N–H and O–H groups in total. The molecule has 0 amide bonds. The van der Waals surface area contributed by atoms with E-state index in [9.17, 15) is 4.79 Å². The third kappa shape index (κ3) is 3.94. The van der Waals surface area contributed by atoms with E-state index in [1.807, 2.05) is 26.2 Å². The Morgan fingerprint density at radius 3 is 2.46 bits per heavy atom. The molecule has 0 aliphatic rings. The van der Waals surface area contributed by atoms with Gasteiger partial charge in [0.25, 0.3) is 5.56 Å². The van der Waals surface area contributed by atoms with Gasteiger partial charge in [-0.1, -0.05) is 45.0 Å². The fourth-order valence-electron chi connectivity index (χ4n) is 2.67. The van der Waals surface area contributed by atoms with Crippen LogP contribution < -0.4 is 10.9 Å². The number of hydrogen-bond acceptors (Lipinski definition) is 5. The van der Waals surface area contributed by atoms with Crippen LogP contribution in [-0.2, 0) is 5.41 Å². The molecule has 2 heterocycles. The Bertz CT molecular complexity index is 947. The first-order chi connectivity index (χ1) is 12.2. The molecule has 7 nitrogen and oxygen atoms in total. The van der Waals surface area contributed by atoms with Gasteiger partial charge in [-0.2, -0.15) is 4.98 Å². The lowest BCUT2D eigenvalue weighted by Crippen LogP contribution is -2.22. The van der Waals surface area contributed by atoms with E-state index < -0.39 is 0 Å². The van der Waals surface area contributed by atoms with Crippen LogP contribution in [0.1, 0.15) is 26.3 Å². The minimum Gasteiger partial charge on any atom is -0.353 e. The van der Waals surface area contributed by atoms with Crippen molar-refractivity contribution < 1.29 is 0 Å². The summed E-state index contributed by atoms with van der Waals surface area (Å²) in [4.78, 5) is 23.0. The molecular weight excluding hydrogens is 328 g/mol. The molecule has 0 aliphatic carbocycles. The minimum absolute atomic E-state index is 0.0934. The van der Waals surface area contributed by atoms with Gasteiger partial charge < -0.3 is 10.2 Å².